The van der Waals surface area contributed by atoms with Crippen molar-refractivity contribution in [1.82, 2.24) is 0 Å². The van der Waals surface area contributed by atoms with Crippen LogP contribution < -0.4 is 15.8 Å². The number of hydrogen-bond donors (Lipinski definition) is 2. The molecule has 0 spiro atoms. The third kappa shape index (κ3) is 3.93. The molecule has 0 heterocycles. The van der Waals surface area contributed by atoms with E-state index in [1.54, 1.807) is 7.11 Å². The highest BCUT2D eigenvalue weighted by Crippen LogP contribution is 2.29. The fourth-order valence-electron chi connectivity index (χ4n) is 1.93. The maximum absolute atomic E-state index is 5.60. The Morgan fingerprint density at radius 2 is 2.06 bits per heavy atom. The van der Waals surface area contributed by atoms with Crippen LogP contribution in [0.15, 0.2) is 12.1 Å². The number of nitrogens with two attached hydrogens (primary N) is 1. The molecule has 0 aliphatic carbocycles. The zero-order valence-corrected chi connectivity index (χ0v) is 11.3. The van der Waals surface area contributed by atoms with Gasteiger partial charge in [-0.2, -0.15) is 0 Å². The van der Waals surface area contributed by atoms with Gasteiger partial charge in [0.1, 0.15) is 5.75 Å². The predicted octanol–water partition coefficient (Wildman–Crippen LogP) is 2.71. The standard InChI is InChI=1S/C14H24N2O/c1-10(9-15)5-6-16-13-8-11(2)7-12(3)14(13)17-4/h7-8,10,16H,5-6,9,15H2,1-4H3. The Kier molecular flexibility index (Phi) is 5.29. The molecule has 17 heavy (non-hydrogen) atoms. The molecule has 1 aromatic rings. The van der Waals surface area contributed by atoms with Crippen LogP contribution in [-0.2, 0) is 0 Å². The van der Waals surface area contributed by atoms with Crippen molar-refractivity contribution in [2.24, 2.45) is 11.7 Å². The van der Waals surface area contributed by atoms with Crippen molar-refractivity contribution in [3.8, 4) is 5.75 Å². The minimum Gasteiger partial charge on any atom is -0.494 e. The van der Waals surface area contributed by atoms with Crippen molar-refractivity contribution >= 4 is 5.69 Å². The zero-order chi connectivity index (χ0) is 12.8. The molecule has 0 fully saturated rings. The monoisotopic (exact) mass is 236 g/mol. The van der Waals surface area contributed by atoms with Gasteiger partial charge < -0.3 is 15.8 Å². The van der Waals surface area contributed by atoms with Gasteiger partial charge >= 0.3 is 0 Å². The van der Waals surface area contributed by atoms with Crippen molar-refractivity contribution in [1.29, 1.82) is 0 Å². The van der Waals surface area contributed by atoms with Crippen LogP contribution in [0.2, 0.25) is 0 Å². The van der Waals surface area contributed by atoms with Gasteiger partial charge in [0, 0.05) is 6.54 Å². The van der Waals surface area contributed by atoms with E-state index >= 15 is 0 Å². The highest BCUT2D eigenvalue weighted by molar-refractivity contribution is 5.61. The maximum Gasteiger partial charge on any atom is 0.144 e. The number of nitrogens with one attached hydrogen (secondary N) is 1. The van der Waals surface area contributed by atoms with Crippen LogP contribution in [0.5, 0.6) is 5.75 Å². The second kappa shape index (κ2) is 6.50. The van der Waals surface area contributed by atoms with Gasteiger partial charge in [-0.05, 0) is 49.9 Å². The lowest BCUT2D eigenvalue weighted by atomic mass is 10.1. The summed E-state index contributed by atoms with van der Waals surface area (Å²) in [5.74, 6) is 1.50. The highest BCUT2D eigenvalue weighted by Gasteiger charge is 2.07. The Labute approximate surface area is 104 Å². The Morgan fingerprint density at radius 3 is 2.65 bits per heavy atom. The van der Waals surface area contributed by atoms with Crippen LogP contribution in [0.1, 0.15) is 24.5 Å². The average Bonchev–Trinajstić information content (AvgIpc) is 2.28. The Bertz CT molecular complexity index is 363. The first-order valence-corrected chi connectivity index (χ1v) is 6.17. The lowest BCUT2D eigenvalue weighted by Gasteiger charge is -2.15. The third-order valence-electron chi connectivity index (χ3n) is 2.98. The summed E-state index contributed by atoms with van der Waals surface area (Å²) in [6.07, 6.45) is 1.08. The summed E-state index contributed by atoms with van der Waals surface area (Å²) < 4.78 is 5.43. The normalized spacial score (nSPS) is 12.3. The Morgan fingerprint density at radius 1 is 1.35 bits per heavy atom. The summed E-state index contributed by atoms with van der Waals surface area (Å²) in [5, 5.41) is 3.43. The molecule has 96 valence electrons. The van der Waals surface area contributed by atoms with Crippen molar-refractivity contribution in [3.63, 3.8) is 0 Å². The van der Waals surface area contributed by atoms with Gasteiger partial charge in [-0.3, -0.25) is 0 Å². The predicted molar refractivity (Wildman–Crippen MR) is 73.8 cm³/mol. The summed E-state index contributed by atoms with van der Waals surface area (Å²) in [6, 6.07) is 4.26. The van der Waals surface area contributed by atoms with Crippen LogP contribution in [0.3, 0.4) is 0 Å². The summed E-state index contributed by atoms with van der Waals surface area (Å²) >= 11 is 0. The summed E-state index contributed by atoms with van der Waals surface area (Å²) in [5.41, 5.74) is 9.10. The fourth-order valence-corrected chi connectivity index (χ4v) is 1.93. The number of hydrogen-bond acceptors (Lipinski definition) is 3. The number of rotatable bonds is 6. The lowest BCUT2D eigenvalue weighted by molar-refractivity contribution is 0.413. The van der Waals surface area contributed by atoms with E-state index in [1.807, 2.05) is 0 Å². The summed E-state index contributed by atoms with van der Waals surface area (Å²) in [7, 11) is 1.71. The molecule has 3 N–H and O–H groups in total. The molecule has 0 aliphatic rings. The first-order chi connectivity index (χ1) is 8.08. The molecule has 0 bridgehead atoms. The van der Waals surface area contributed by atoms with Gasteiger partial charge in [0.15, 0.2) is 0 Å². The SMILES string of the molecule is COc1c(C)cc(C)cc1NCCC(C)CN. The molecule has 0 saturated carbocycles. The molecule has 0 aliphatic heterocycles. The zero-order valence-electron chi connectivity index (χ0n) is 11.3. The van der Waals surface area contributed by atoms with E-state index in [4.69, 9.17) is 10.5 Å². The maximum atomic E-state index is 5.60. The summed E-state index contributed by atoms with van der Waals surface area (Å²) in [4.78, 5) is 0. The molecule has 1 aromatic carbocycles. The van der Waals surface area contributed by atoms with Gasteiger partial charge in [0.05, 0.1) is 12.8 Å². The second-order valence-electron chi connectivity index (χ2n) is 4.72. The number of ether oxygens (including phenoxy) is 1. The van der Waals surface area contributed by atoms with E-state index in [0.717, 1.165) is 30.9 Å². The highest BCUT2D eigenvalue weighted by atomic mass is 16.5. The lowest BCUT2D eigenvalue weighted by Crippen LogP contribution is -2.15. The van der Waals surface area contributed by atoms with Crippen molar-refractivity contribution in [2.75, 3.05) is 25.5 Å². The number of methoxy groups -OCH3 is 1. The quantitative estimate of drug-likeness (QED) is 0.798. The second-order valence-corrected chi connectivity index (χ2v) is 4.72. The topological polar surface area (TPSA) is 47.3 Å². The molecule has 0 saturated heterocycles. The molecule has 0 aromatic heterocycles. The minimum atomic E-state index is 0.555. The Hall–Kier alpha value is -1.22. The molecule has 0 amide bonds. The minimum absolute atomic E-state index is 0.555. The molecule has 3 heteroatoms. The van der Waals surface area contributed by atoms with Crippen LogP contribution in [0, 0.1) is 19.8 Å². The van der Waals surface area contributed by atoms with E-state index in [-0.39, 0.29) is 0 Å². The summed E-state index contributed by atoms with van der Waals surface area (Å²) in [6.45, 7) is 8.00. The van der Waals surface area contributed by atoms with Gasteiger partial charge in [0.2, 0.25) is 0 Å². The fraction of sp³-hybridized carbons (Fsp3) is 0.571. The van der Waals surface area contributed by atoms with Crippen LogP contribution in [-0.4, -0.2) is 20.2 Å². The van der Waals surface area contributed by atoms with E-state index in [1.165, 1.54) is 11.1 Å². The van der Waals surface area contributed by atoms with E-state index in [0.29, 0.717) is 5.92 Å². The van der Waals surface area contributed by atoms with Gasteiger partial charge in [0.25, 0.3) is 0 Å². The number of benzene rings is 1. The largest absolute Gasteiger partial charge is 0.494 e. The van der Waals surface area contributed by atoms with Crippen LogP contribution >= 0.6 is 0 Å². The van der Waals surface area contributed by atoms with E-state index in [9.17, 15) is 0 Å². The number of aryl methyl sites for hydroxylation is 2. The molecular formula is C14H24N2O. The molecule has 1 rings (SSSR count). The Balaban J connectivity index is 2.69. The van der Waals surface area contributed by atoms with Crippen molar-refractivity contribution in [2.45, 2.75) is 27.2 Å². The number of anilines is 1. The molecular weight excluding hydrogens is 212 g/mol. The van der Waals surface area contributed by atoms with Crippen LogP contribution in [0.25, 0.3) is 0 Å². The van der Waals surface area contributed by atoms with Crippen molar-refractivity contribution < 1.29 is 4.74 Å². The average molecular weight is 236 g/mol. The third-order valence-corrected chi connectivity index (χ3v) is 2.98. The smallest absolute Gasteiger partial charge is 0.144 e. The van der Waals surface area contributed by atoms with Gasteiger partial charge in [-0.25, -0.2) is 0 Å². The van der Waals surface area contributed by atoms with Crippen LogP contribution in [0.4, 0.5) is 5.69 Å². The van der Waals surface area contributed by atoms with Gasteiger partial charge in [-0.15, -0.1) is 0 Å². The molecule has 1 unspecified atom stereocenters. The molecule has 3 nitrogen and oxygen atoms in total. The van der Waals surface area contributed by atoms with E-state index < -0.39 is 0 Å². The molecule has 1 atom stereocenters. The van der Waals surface area contributed by atoms with Gasteiger partial charge in [-0.1, -0.05) is 13.0 Å². The first-order valence-electron chi connectivity index (χ1n) is 6.17. The first kappa shape index (κ1) is 13.8. The van der Waals surface area contributed by atoms with Crippen molar-refractivity contribution in [3.05, 3.63) is 23.3 Å². The van der Waals surface area contributed by atoms with E-state index in [2.05, 4.69) is 38.2 Å². The molecule has 0 radical (unpaired) electrons.